The van der Waals surface area contributed by atoms with Crippen LogP contribution in [-0.2, 0) is 14.9 Å². The minimum atomic E-state index is -0.762. The molecule has 5 heteroatoms. The Morgan fingerprint density at radius 3 is 2.56 bits per heavy atom. The van der Waals surface area contributed by atoms with Gasteiger partial charge in [0.1, 0.15) is 5.75 Å². The largest absolute Gasteiger partial charge is 0.496 e. The van der Waals surface area contributed by atoms with Crippen LogP contribution in [-0.4, -0.2) is 42.6 Å². The van der Waals surface area contributed by atoms with Crippen LogP contribution >= 0.6 is 0 Å². The summed E-state index contributed by atoms with van der Waals surface area (Å²) in [7, 11) is 1.65. The number of aliphatic hydroxyl groups excluding tert-OH is 2. The van der Waals surface area contributed by atoms with Gasteiger partial charge in [-0.05, 0) is 68.6 Å². The van der Waals surface area contributed by atoms with Gasteiger partial charge >= 0.3 is 5.97 Å². The van der Waals surface area contributed by atoms with Crippen LogP contribution in [0.1, 0.15) is 50.2 Å². The first kappa shape index (κ1) is 19.7. The van der Waals surface area contributed by atoms with Crippen LogP contribution < -0.4 is 4.74 Å². The fraction of sp³-hybridized carbons (Fsp3) is 0.650. The second kappa shape index (κ2) is 8.68. The van der Waals surface area contributed by atoms with Gasteiger partial charge in [-0.25, -0.2) is 0 Å². The van der Waals surface area contributed by atoms with Gasteiger partial charge in [-0.3, -0.25) is 4.79 Å². The van der Waals surface area contributed by atoms with Gasteiger partial charge in [0.25, 0.3) is 0 Å². The van der Waals surface area contributed by atoms with Crippen molar-refractivity contribution in [2.75, 3.05) is 20.3 Å². The molecule has 0 spiro atoms. The highest BCUT2D eigenvalue weighted by Crippen LogP contribution is 2.46. The Bertz CT molecular complexity index is 575. The average Bonchev–Trinajstić information content (AvgIpc) is 2.62. The van der Waals surface area contributed by atoms with Gasteiger partial charge in [0.15, 0.2) is 0 Å². The standard InChI is InChI=1S/C20H30O5/c1-4-25-19(23)15-7-9-20(10-8-15,12-17(22)13-21)16-5-6-18(24-3)14(2)11-16/h5-6,11,15,17,21-22H,4,7-10,12-13H2,1-3H3. The second-order valence-corrected chi connectivity index (χ2v) is 7.03. The quantitative estimate of drug-likeness (QED) is 0.740. The molecule has 1 saturated carbocycles. The molecule has 0 saturated heterocycles. The van der Waals surface area contributed by atoms with Gasteiger partial charge in [-0.15, -0.1) is 0 Å². The van der Waals surface area contributed by atoms with E-state index in [1.807, 2.05) is 26.0 Å². The number of carbonyl (C=O) groups is 1. The van der Waals surface area contributed by atoms with Crippen molar-refractivity contribution in [2.24, 2.45) is 5.92 Å². The van der Waals surface area contributed by atoms with E-state index in [1.54, 1.807) is 7.11 Å². The monoisotopic (exact) mass is 350 g/mol. The topological polar surface area (TPSA) is 76.0 Å². The fourth-order valence-electron chi connectivity index (χ4n) is 4.00. The van der Waals surface area contributed by atoms with Crippen molar-refractivity contribution >= 4 is 5.97 Å². The summed E-state index contributed by atoms with van der Waals surface area (Å²) < 4.78 is 10.5. The summed E-state index contributed by atoms with van der Waals surface area (Å²) in [6.07, 6.45) is 2.79. The molecule has 5 nitrogen and oxygen atoms in total. The summed E-state index contributed by atoms with van der Waals surface area (Å²) in [5.41, 5.74) is 1.95. The summed E-state index contributed by atoms with van der Waals surface area (Å²) in [5.74, 6) is 0.644. The molecule has 1 aromatic carbocycles. The maximum Gasteiger partial charge on any atom is 0.308 e. The van der Waals surface area contributed by atoms with Crippen molar-refractivity contribution in [3.8, 4) is 5.75 Å². The maximum atomic E-state index is 12.0. The third kappa shape index (κ3) is 4.53. The zero-order valence-corrected chi connectivity index (χ0v) is 15.5. The number of hydrogen-bond donors (Lipinski definition) is 2. The zero-order chi connectivity index (χ0) is 18.4. The number of carbonyl (C=O) groups excluding carboxylic acids is 1. The van der Waals surface area contributed by atoms with Crippen LogP contribution in [0.2, 0.25) is 0 Å². The van der Waals surface area contributed by atoms with Gasteiger partial charge in [0.05, 0.1) is 32.3 Å². The molecule has 0 bridgehead atoms. The van der Waals surface area contributed by atoms with Crippen molar-refractivity contribution in [1.29, 1.82) is 0 Å². The highest BCUT2D eigenvalue weighted by atomic mass is 16.5. The number of rotatable bonds is 7. The van der Waals surface area contributed by atoms with Crippen LogP contribution in [0.25, 0.3) is 0 Å². The number of aliphatic hydroxyl groups is 2. The van der Waals surface area contributed by atoms with Crippen molar-refractivity contribution in [1.82, 2.24) is 0 Å². The van der Waals surface area contributed by atoms with Crippen LogP contribution in [0.15, 0.2) is 18.2 Å². The van der Waals surface area contributed by atoms with Crippen LogP contribution in [0.5, 0.6) is 5.75 Å². The molecule has 1 unspecified atom stereocenters. The Kier molecular flexibility index (Phi) is 6.85. The molecule has 1 aliphatic carbocycles. The predicted octanol–water partition coefficient (Wildman–Crippen LogP) is 2.74. The normalized spacial score (nSPS) is 24.6. The Morgan fingerprint density at radius 1 is 1.36 bits per heavy atom. The zero-order valence-electron chi connectivity index (χ0n) is 15.5. The van der Waals surface area contributed by atoms with Gasteiger partial charge in [0, 0.05) is 0 Å². The number of ether oxygens (including phenoxy) is 2. The van der Waals surface area contributed by atoms with E-state index in [4.69, 9.17) is 9.47 Å². The predicted molar refractivity (Wildman–Crippen MR) is 95.7 cm³/mol. The SMILES string of the molecule is CCOC(=O)C1CCC(CC(O)CO)(c2ccc(OC)c(C)c2)CC1. The molecule has 0 aromatic heterocycles. The lowest BCUT2D eigenvalue weighted by atomic mass is 9.64. The van der Waals surface area contributed by atoms with Crippen molar-refractivity contribution in [3.63, 3.8) is 0 Å². The lowest BCUT2D eigenvalue weighted by Gasteiger charge is -2.41. The molecule has 140 valence electrons. The lowest BCUT2D eigenvalue weighted by molar-refractivity contribution is -0.149. The number of esters is 1. The first-order valence-electron chi connectivity index (χ1n) is 9.06. The van der Waals surface area contributed by atoms with Crippen LogP contribution in [0.3, 0.4) is 0 Å². The smallest absolute Gasteiger partial charge is 0.308 e. The molecule has 1 fully saturated rings. The molecule has 1 aromatic rings. The number of hydrogen-bond acceptors (Lipinski definition) is 5. The number of aryl methyl sites for hydroxylation is 1. The molecule has 0 amide bonds. The number of methoxy groups -OCH3 is 1. The molecule has 25 heavy (non-hydrogen) atoms. The summed E-state index contributed by atoms with van der Waals surface area (Å²) in [6.45, 7) is 3.98. The molecule has 2 rings (SSSR count). The Morgan fingerprint density at radius 2 is 2.04 bits per heavy atom. The third-order valence-corrected chi connectivity index (χ3v) is 5.41. The highest BCUT2D eigenvalue weighted by Gasteiger charge is 2.40. The maximum absolute atomic E-state index is 12.0. The Balaban J connectivity index is 2.25. The van der Waals surface area contributed by atoms with Crippen molar-refractivity contribution in [3.05, 3.63) is 29.3 Å². The van der Waals surface area contributed by atoms with Crippen LogP contribution in [0, 0.1) is 12.8 Å². The second-order valence-electron chi connectivity index (χ2n) is 7.03. The highest BCUT2D eigenvalue weighted by molar-refractivity contribution is 5.72. The molecule has 2 N–H and O–H groups in total. The molecule has 1 atom stereocenters. The third-order valence-electron chi connectivity index (χ3n) is 5.41. The summed E-state index contributed by atoms with van der Waals surface area (Å²) >= 11 is 0. The minimum absolute atomic E-state index is 0.0707. The van der Waals surface area contributed by atoms with Gasteiger partial charge in [-0.1, -0.05) is 12.1 Å². The first-order chi connectivity index (χ1) is 12.0. The number of benzene rings is 1. The average molecular weight is 350 g/mol. The van der Waals surface area contributed by atoms with Crippen molar-refractivity contribution < 1.29 is 24.5 Å². The summed E-state index contributed by atoms with van der Waals surface area (Å²) in [5, 5.41) is 19.4. The van der Waals surface area contributed by atoms with Gasteiger partial charge < -0.3 is 19.7 Å². The van der Waals surface area contributed by atoms with Crippen LogP contribution in [0.4, 0.5) is 0 Å². The molecular weight excluding hydrogens is 320 g/mol. The van der Waals surface area contributed by atoms with E-state index >= 15 is 0 Å². The molecule has 1 aliphatic rings. The van der Waals surface area contributed by atoms with E-state index in [9.17, 15) is 15.0 Å². The molecular formula is C20H30O5. The van der Waals surface area contributed by atoms with E-state index in [1.165, 1.54) is 0 Å². The fourth-order valence-corrected chi connectivity index (χ4v) is 4.00. The molecule has 0 heterocycles. The van der Waals surface area contributed by atoms with E-state index in [0.29, 0.717) is 13.0 Å². The first-order valence-corrected chi connectivity index (χ1v) is 9.06. The minimum Gasteiger partial charge on any atom is -0.496 e. The van der Waals surface area contributed by atoms with E-state index in [-0.39, 0.29) is 23.9 Å². The molecule has 0 aliphatic heterocycles. The lowest BCUT2D eigenvalue weighted by Crippen LogP contribution is -2.38. The Hall–Kier alpha value is -1.59. The van der Waals surface area contributed by atoms with E-state index < -0.39 is 6.10 Å². The Labute approximate surface area is 150 Å². The van der Waals surface area contributed by atoms with Gasteiger partial charge in [0.2, 0.25) is 0 Å². The van der Waals surface area contributed by atoms with E-state index in [0.717, 1.165) is 42.6 Å². The van der Waals surface area contributed by atoms with E-state index in [2.05, 4.69) is 6.07 Å². The van der Waals surface area contributed by atoms with Gasteiger partial charge in [-0.2, -0.15) is 0 Å². The molecule has 0 radical (unpaired) electrons. The summed E-state index contributed by atoms with van der Waals surface area (Å²) in [6, 6.07) is 6.10. The summed E-state index contributed by atoms with van der Waals surface area (Å²) in [4.78, 5) is 12.0. The van der Waals surface area contributed by atoms with Crippen molar-refractivity contribution in [2.45, 2.75) is 57.5 Å².